The van der Waals surface area contributed by atoms with Crippen molar-refractivity contribution in [2.45, 2.75) is 20.8 Å². The molecule has 0 spiro atoms. The van der Waals surface area contributed by atoms with Gasteiger partial charge in [0.05, 0.1) is 13.7 Å². The van der Waals surface area contributed by atoms with Crippen molar-refractivity contribution in [3.8, 4) is 5.75 Å². The first-order valence-corrected chi connectivity index (χ1v) is 9.46. The standard InChI is InChI=1S/C22H29N3O2/c1-16-13-17(2)22(18(3)14-16)23-15-21(26)25-11-9-24(10-12-25)19-5-7-20(27-4)8-6-19/h5-8,13-14,23H,9-12,15H2,1-4H3. The third kappa shape index (κ3) is 4.54. The van der Waals surface area contributed by atoms with Crippen molar-refractivity contribution in [3.63, 3.8) is 0 Å². The van der Waals surface area contributed by atoms with Crippen LogP contribution in [-0.2, 0) is 4.79 Å². The molecule has 0 atom stereocenters. The Morgan fingerprint density at radius 3 is 2.15 bits per heavy atom. The predicted molar refractivity (Wildman–Crippen MR) is 111 cm³/mol. The number of anilines is 2. The van der Waals surface area contributed by atoms with Crippen LogP contribution in [0.15, 0.2) is 36.4 Å². The molecule has 1 amide bonds. The lowest BCUT2D eigenvalue weighted by atomic mass is 10.1. The lowest BCUT2D eigenvalue weighted by molar-refractivity contribution is -0.129. The van der Waals surface area contributed by atoms with Gasteiger partial charge < -0.3 is 19.9 Å². The van der Waals surface area contributed by atoms with E-state index in [1.54, 1.807) is 7.11 Å². The molecule has 2 aromatic rings. The molecule has 1 heterocycles. The molecule has 1 saturated heterocycles. The fraction of sp³-hybridized carbons (Fsp3) is 0.409. The Bertz CT molecular complexity index is 771. The Morgan fingerprint density at radius 1 is 1.00 bits per heavy atom. The van der Waals surface area contributed by atoms with Crippen molar-refractivity contribution in [2.24, 2.45) is 0 Å². The Balaban J connectivity index is 1.52. The van der Waals surface area contributed by atoms with E-state index in [0.717, 1.165) is 37.6 Å². The second-order valence-corrected chi connectivity index (χ2v) is 7.19. The van der Waals surface area contributed by atoms with Crippen LogP contribution in [0.2, 0.25) is 0 Å². The van der Waals surface area contributed by atoms with Crippen molar-refractivity contribution in [1.82, 2.24) is 4.90 Å². The van der Waals surface area contributed by atoms with Gasteiger partial charge in [-0.15, -0.1) is 0 Å². The third-order valence-electron chi connectivity index (χ3n) is 5.16. The highest BCUT2D eigenvalue weighted by Gasteiger charge is 2.21. The molecule has 1 fully saturated rings. The maximum Gasteiger partial charge on any atom is 0.241 e. The van der Waals surface area contributed by atoms with E-state index in [2.05, 4.69) is 55.3 Å². The smallest absolute Gasteiger partial charge is 0.241 e. The quantitative estimate of drug-likeness (QED) is 0.880. The van der Waals surface area contributed by atoms with Gasteiger partial charge in [0.15, 0.2) is 0 Å². The molecule has 0 saturated carbocycles. The molecule has 27 heavy (non-hydrogen) atoms. The Morgan fingerprint density at radius 2 is 1.59 bits per heavy atom. The van der Waals surface area contributed by atoms with Gasteiger partial charge in [-0.2, -0.15) is 0 Å². The fourth-order valence-corrected chi connectivity index (χ4v) is 3.74. The normalized spacial score (nSPS) is 14.2. The van der Waals surface area contributed by atoms with Gasteiger partial charge in [0.2, 0.25) is 5.91 Å². The second-order valence-electron chi connectivity index (χ2n) is 7.19. The first-order chi connectivity index (χ1) is 13.0. The number of benzene rings is 2. The van der Waals surface area contributed by atoms with Gasteiger partial charge in [-0.25, -0.2) is 0 Å². The van der Waals surface area contributed by atoms with E-state index in [4.69, 9.17) is 4.74 Å². The monoisotopic (exact) mass is 367 g/mol. The molecule has 1 aliphatic rings. The molecule has 0 bridgehead atoms. The lowest BCUT2D eigenvalue weighted by Crippen LogP contribution is -2.50. The largest absolute Gasteiger partial charge is 0.497 e. The molecule has 1 N–H and O–H groups in total. The predicted octanol–water partition coefficient (Wildman–Crippen LogP) is 3.38. The van der Waals surface area contributed by atoms with Crippen molar-refractivity contribution >= 4 is 17.3 Å². The summed E-state index contributed by atoms with van der Waals surface area (Å²) in [5, 5.41) is 3.34. The van der Waals surface area contributed by atoms with Crippen LogP contribution in [0.1, 0.15) is 16.7 Å². The average molecular weight is 367 g/mol. The highest BCUT2D eigenvalue weighted by molar-refractivity contribution is 5.81. The van der Waals surface area contributed by atoms with Gasteiger partial charge in [-0.05, 0) is 56.2 Å². The summed E-state index contributed by atoms with van der Waals surface area (Å²) in [6.07, 6.45) is 0. The van der Waals surface area contributed by atoms with E-state index >= 15 is 0 Å². The fourth-order valence-electron chi connectivity index (χ4n) is 3.74. The SMILES string of the molecule is COc1ccc(N2CCN(C(=O)CNc3c(C)cc(C)cc3C)CC2)cc1. The maximum absolute atomic E-state index is 12.6. The number of aryl methyl sites for hydroxylation is 3. The molecule has 0 aromatic heterocycles. The van der Waals surface area contributed by atoms with Crippen LogP contribution in [0.3, 0.4) is 0 Å². The molecule has 144 valence electrons. The lowest BCUT2D eigenvalue weighted by Gasteiger charge is -2.36. The summed E-state index contributed by atoms with van der Waals surface area (Å²) in [6.45, 7) is 9.80. The molecule has 0 unspecified atom stereocenters. The highest BCUT2D eigenvalue weighted by Crippen LogP contribution is 2.22. The number of amides is 1. The van der Waals surface area contributed by atoms with Crippen LogP contribution < -0.4 is 15.0 Å². The summed E-state index contributed by atoms with van der Waals surface area (Å²) in [6, 6.07) is 12.4. The number of nitrogens with one attached hydrogen (secondary N) is 1. The number of rotatable bonds is 5. The number of carbonyl (C=O) groups is 1. The van der Waals surface area contributed by atoms with Gasteiger partial charge in [0.1, 0.15) is 5.75 Å². The summed E-state index contributed by atoms with van der Waals surface area (Å²) < 4.78 is 5.21. The van der Waals surface area contributed by atoms with Crippen LogP contribution >= 0.6 is 0 Å². The zero-order valence-corrected chi connectivity index (χ0v) is 16.7. The second kappa shape index (κ2) is 8.33. The Hall–Kier alpha value is -2.69. The topological polar surface area (TPSA) is 44.8 Å². The van der Waals surface area contributed by atoms with Crippen molar-refractivity contribution < 1.29 is 9.53 Å². The van der Waals surface area contributed by atoms with Crippen LogP contribution in [-0.4, -0.2) is 50.6 Å². The van der Waals surface area contributed by atoms with Crippen LogP contribution in [0, 0.1) is 20.8 Å². The zero-order valence-electron chi connectivity index (χ0n) is 16.7. The number of carbonyl (C=O) groups excluding carboxylic acids is 1. The summed E-state index contributed by atoms with van der Waals surface area (Å²) in [5.74, 6) is 1.02. The molecule has 2 aromatic carbocycles. The van der Waals surface area contributed by atoms with E-state index in [1.165, 1.54) is 22.4 Å². The summed E-state index contributed by atoms with van der Waals surface area (Å²) in [5.41, 5.74) is 5.86. The van der Waals surface area contributed by atoms with Crippen LogP contribution in [0.5, 0.6) is 5.75 Å². The van der Waals surface area contributed by atoms with E-state index in [9.17, 15) is 4.79 Å². The van der Waals surface area contributed by atoms with E-state index in [1.807, 2.05) is 17.0 Å². The Kier molecular flexibility index (Phi) is 5.89. The number of piperazine rings is 1. The highest BCUT2D eigenvalue weighted by atomic mass is 16.5. The first-order valence-electron chi connectivity index (χ1n) is 9.46. The van der Waals surface area contributed by atoms with Crippen molar-refractivity contribution in [3.05, 3.63) is 53.1 Å². The minimum atomic E-state index is 0.156. The summed E-state index contributed by atoms with van der Waals surface area (Å²) in [7, 11) is 1.67. The van der Waals surface area contributed by atoms with E-state index in [0.29, 0.717) is 6.54 Å². The molecule has 0 radical (unpaired) electrons. The van der Waals surface area contributed by atoms with Gasteiger partial charge >= 0.3 is 0 Å². The maximum atomic E-state index is 12.6. The molecule has 5 nitrogen and oxygen atoms in total. The summed E-state index contributed by atoms with van der Waals surface area (Å²) in [4.78, 5) is 16.9. The van der Waals surface area contributed by atoms with Crippen molar-refractivity contribution in [1.29, 1.82) is 0 Å². The number of nitrogens with zero attached hydrogens (tertiary/aromatic N) is 2. The van der Waals surface area contributed by atoms with Gasteiger partial charge in [-0.1, -0.05) is 17.7 Å². The number of methoxy groups -OCH3 is 1. The minimum absolute atomic E-state index is 0.156. The van der Waals surface area contributed by atoms with Crippen LogP contribution in [0.25, 0.3) is 0 Å². The summed E-state index contributed by atoms with van der Waals surface area (Å²) >= 11 is 0. The molecule has 1 aliphatic heterocycles. The molecular formula is C22H29N3O2. The molecule has 0 aliphatic carbocycles. The Labute approximate surface area is 161 Å². The minimum Gasteiger partial charge on any atom is -0.497 e. The van der Waals surface area contributed by atoms with E-state index < -0.39 is 0 Å². The number of hydrogen-bond donors (Lipinski definition) is 1. The van der Waals surface area contributed by atoms with Gasteiger partial charge in [0.25, 0.3) is 0 Å². The van der Waals surface area contributed by atoms with Crippen molar-refractivity contribution in [2.75, 3.05) is 50.1 Å². The van der Waals surface area contributed by atoms with Gasteiger partial charge in [0, 0.05) is 37.6 Å². The molecular weight excluding hydrogens is 338 g/mol. The van der Waals surface area contributed by atoms with Crippen LogP contribution in [0.4, 0.5) is 11.4 Å². The molecule has 3 rings (SSSR count). The zero-order chi connectivity index (χ0) is 19.4. The molecule has 5 heteroatoms. The van der Waals surface area contributed by atoms with E-state index in [-0.39, 0.29) is 5.91 Å². The first kappa shape index (κ1) is 19.1. The van der Waals surface area contributed by atoms with Gasteiger partial charge in [-0.3, -0.25) is 4.79 Å². The number of hydrogen-bond acceptors (Lipinski definition) is 4. The number of ether oxygens (including phenoxy) is 1. The average Bonchev–Trinajstić information content (AvgIpc) is 2.67. The third-order valence-corrected chi connectivity index (χ3v) is 5.16.